The van der Waals surface area contributed by atoms with Crippen LogP contribution in [0.1, 0.15) is 31.2 Å². The lowest BCUT2D eigenvalue weighted by Crippen LogP contribution is -2.51. The van der Waals surface area contributed by atoms with Gasteiger partial charge in [0.15, 0.2) is 0 Å². The highest BCUT2D eigenvalue weighted by atomic mass is 79.9. The maximum Gasteiger partial charge on any atom is 0.414 e. The van der Waals surface area contributed by atoms with Crippen LogP contribution in [0.15, 0.2) is 28.7 Å². The molecule has 27 heavy (non-hydrogen) atoms. The number of rotatable bonds is 3. The average molecular weight is 439 g/mol. The number of piperazine rings is 1. The van der Waals surface area contributed by atoms with Crippen LogP contribution in [-0.4, -0.2) is 64.2 Å². The summed E-state index contributed by atoms with van der Waals surface area (Å²) in [5.74, 6) is -1.54. The van der Waals surface area contributed by atoms with Crippen molar-refractivity contribution in [2.45, 2.75) is 38.3 Å². The predicted octanol–water partition coefficient (Wildman–Crippen LogP) is 2.91. The number of hydrogen-bond donors (Lipinski definition) is 2. The van der Waals surface area contributed by atoms with Gasteiger partial charge in [-0.15, -0.1) is 0 Å². The molecule has 1 aromatic carbocycles. The number of fused-ring (bicyclic) bond motifs is 2. The number of nitrogens with zero attached hydrogens (tertiary/aromatic N) is 2. The molecule has 148 valence electrons. The van der Waals surface area contributed by atoms with Crippen LogP contribution in [-0.2, 0) is 16.1 Å². The second-order valence-electron chi connectivity index (χ2n) is 7.79. The van der Waals surface area contributed by atoms with Gasteiger partial charge in [0.25, 0.3) is 0 Å². The van der Waals surface area contributed by atoms with Crippen molar-refractivity contribution in [2.75, 3.05) is 26.2 Å². The molecule has 0 spiro atoms. The predicted molar refractivity (Wildman–Crippen MR) is 105 cm³/mol. The van der Waals surface area contributed by atoms with Gasteiger partial charge in [-0.1, -0.05) is 34.5 Å². The molecule has 3 aliphatic rings. The summed E-state index contributed by atoms with van der Waals surface area (Å²) in [4.78, 5) is 23.6. The molecular weight excluding hydrogens is 412 g/mol. The first-order valence-corrected chi connectivity index (χ1v) is 10.4. The van der Waals surface area contributed by atoms with Gasteiger partial charge >= 0.3 is 11.9 Å². The molecule has 1 saturated heterocycles. The Hall–Kier alpha value is -1.44. The fourth-order valence-corrected chi connectivity index (χ4v) is 5.02. The van der Waals surface area contributed by atoms with E-state index in [1.54, 1.807) is 0 Å². The van der Waals surface area contributed by atoms with Gasteiger partial charge in [0.05, 0.1) is 0 Å². The third kappa shape index (κ3) is 5.53. The van der Waals surface area contributed by atoms with Crippen LogP contribution in [0.4, 0.5) is 0 Å². The highest BCUT2D eigenvalue weighted by molar-refractivity contribution is 9.10. The number of carboxylic acids is 2. The van der Waals surface area contributed by atoms with E-state index in [2.05, 4.69) is 50.0 Å². The molecule has 3 atom stereocenters. The molecule has 3 unspecified atom stereocenters. The third-order valence-corrected chi connectivity index (χ3v) is 6.61. The summed E-state index contributed by atoms with van der Waals surface area (Å²) in [7, 11) is 0. The molecule has 2 bridgehead atoms. The summed E-state index contributed by atoms with van der Waals surface area (Å²) in [6, 6.07) is 9.72. The Morgan fingerprint density at radius 1 is 0.963 bits per heavy atom. The smallest absolute Gasteiger partial charge is 0.414 e. The van der Waals surface area contributed by atoms with E-state index in [9.17, 15) is 0 Å². The summed E-state index contributed by atoms with van der Waals surface area (Å²) >= 11 is 3.51. The Kier molecular flexibility index (Phi) is 6.89. The van der Waals surface area contributed by atoms with Crippen LogP contribution in [0.2, 0.25) is 0 Å². The summed E-state index contributed by atoms with van der Waals surface area (Å²) in [6.45, 7) is 6.15. The summed E-state index contributed by atoms with van der Waals surface area (Å²) in [6.07, 6.45) is 6.06. The molecule has 4 rings (SSSR count). The minimum atomic E-state index is -1.82. The van der Waals surface area contributed by atoms with E-state index < -0.39 is 11.9 Å². The second kappa shape index (κ2) is 9.17. The quantitative estimate of drug-likeness (QED) is 0.706. The van der Waals surface area contributed by atoms with Gasteiger partial charge < -0.3 is 10.2 Å². The fraction of sp³-hybridized carbons (Fsp3) is 0.600. The molecule has 7 heteroatoms. The first kappa shape index (κ1) is 20.3. The lowest BCUT2D eigenvalue weighted by atomic mass is 9.93. The zero-order valence-electron chi connectivity index (χ0n) is 15.4. The molecule has 0 radical (unpaired) electrons. The van der Waals surface area contributed by atoms with E-state index in [0.717, 1.165) is 24.4 Å². The van der Waals surface area contributed by atoms with E-state index in [-0.39, 0.29) is 0 Å². The van der Waals surface area contributed by atoms with Crippen molar-refractivity contribution < 1.29 is 19.8 Å². The van der Waals surface area contributed by atoms with Gasteiger partial charge in [-0.3, -0.25) is 9.80 Å². The van der Waals surface area contributed by atoms with Crippen LogP contribution < -0.4 is 0 Å². The Morgan fingerprint density at radius 3 is 2.07 bits per heavy atom. The van der Waals surface area contributed by atoms with Crippen molar-refractivity contribution in [3.8, 4) is 0 Å². The normalized spacial score (nSPS) is 27.8. The lowest BCUT2D eigenvalue weighted by molar-refractivity contribution is -0.159. The van der Waals surface area contributed by atoms with Crippen molar-refractivity contribution in [1.82, 2.24) is 9.80 Å². The molecule has 2 N–H and O–H groups in total. The van der Waals surface area contributed by atoms with Gasteiger partial charge in [0.2, 0.25) is 0 Å². The summed E-state index contributed by atoms with van der Waals surface area (Å²) in [5.41, 5.74) is 1.44. The summed E-state index contributed by atoms with van der Waals surface area (Å²) < 4.78 is 1.17. The largest absolute Gasteiger partial charge is 0.473 e. The van der Waals surface area contributed by atoms with Crippen LogP contribution in [0.25, 0.3) is 0 Å². The SMILES string of the molecule is Brc1ccc(CN2CCN(C3CC4CCC3C4)CC2)cc1.O=C(O)C(=O)O. The van der Waals surface area contributed by atoms with Gasteiger partial charge in [0, 0.05) is 43.2 Å². The molecule has 0 aromatic heterocycles. The molecule has 3 fully saturated rings. The number of aliphatic carboxylic acids is 2. The van der Waals surface area contributed by atoms with Crippen molar-refractivity contribution in [2.24, 2.45) is 11.8 Å². The third-order valence-electron chi connectivity index (χ3n) is 6.08. The van der Waals surface area contributed by atoms with E-state index >= 15 is 0 Å². The second-order valence-corrected chi connectivity index (χ2v) is 8.71. The number of hydrogen-bond acceptors (Lipinski definition) is 4. The minimum Gasteiger partial charge on any atom is -0.473 e. The Balaban J connectivity index is 0.000000307. The maximum absolute atomic E-state index is 9.10. The molecular formula is C20H27BrN2O4. The standard InChI is InChI=1S/C18H25BrN2.C2H2O4/c19-17-5-2-14(3-6-17)13-20-7-9-21(10-8-20)18-12-15-1-4-16(18)11-15;3-1(4)2(5)6/h2-3,5-6,15-16,18H,1,4,7-13H2;(H,3,4)(H,5,6). The van der Waals surface area contributed by atoms with Crippen LogP contribution in [0.5, 0.6) is 0 Å². The molecule has 6 nitrogen and oxygen atoms in total. The number of carboxylic acid groups (broad SMARTS) is 2. The number of carbonyl (C=O) groups is 2. The molecule has 1 aliphatic heterocycles. The van der Waals surface area contributed by atoms with Crippen molar-refractivity contribution in [3.63, 3.8) is 0 Å². The average Bonchev–Trinajstić information content (AvgIpc) is 3.28. The van der Waals surface area contributed by atoms with E-state index in [1.807, 2.05) is 0 Å². The van der Waals surface area contributed by atoms with Gasteiger partial charge in [-0.2, -0.15) is 0 Å². The Morgan fingerprint density at radius 2 is 1.59 bits per heavy atom. The molecule has 1 heterocycles. The molecule has 2 saturated carbocycles. The van der Waals surface area contributed by atoms with Gasteiger partial charge in [-0.05, 0) is 48.8 Å². The van der Waals surface area contributed by atoms with Crippen molar-refractivity contribution >= 4 is 27.9 Å². The van der Waals surface area contributed by atoms with Crippen molar-refractivity contribution in [1.29, 1.82) is 0 Å². The number of benzene rings is 1. The zero-order chi connectivity index (χ0) is 19.4. The molecule has 1 aromatic rings. The van der Waals surface area contributed by atoms with E-state index in [1.165, 1.54) is 61.9 Å². The van der Waals surface area contributed by atoms with Gasteiger partial charge in [-0.25, -0.2) is 9.59 Å². The zero-order valence-corrected chi connectivity index (χ0v) is 17.0. The maximum atomic E-state index is 9.10. The highest BCUT2D eigenvalue weighted by Crippen LogP contribution is 2.46. The number of halogens is 1. The first-order chi connectivity index (χ1) is 12.9. The van der Waals surface area contributed by atoms with Crippen LogP contribution >= 0.6 is 15.9 Å². The van der Waals surface area contributed by atoms with Crippen LogP contribution in [0.3, 0.4) is 0 Å². The monoisotopic (exact) mass is 438 g/mol. The first-order valence-electron chi connectivity index (χ1n) is 9.59. The van der Waals surface area contributed by atoms with E-state index in [0.29, 0.717) is 0 Å². The minimum absolute atomic E-state index is 0.929. The Labute approximate surface area is 168 Å². The van der Waals surface area contributed by atoms with E-state index in [4.69, 9.17) is 19.8 Å². The molecule has 0 amide bonds. The Bertz CT molecular complexity index is 646. The fourth-order valence-electron chi connectivity index (χ4n) is 4.76. The van der Waals surface area contributed by atoms with Crippen LogP contribution in [0, 0.1) is 11.8 Å². The highest BCUT2D eigenvalue weighted by Gasteiger charge is 2.42. The van der Waals surface area contributed by atoms with Gasteiger partial charge in [0.1, 0.15) is 0 Å². The summed E-state index contributed by atoms with van der Waals surface area (Å²) in [5, 5.41) is 14.8. The topological polar surface area (TPSA) is 81.1 Å². The lowest BCUT2D eigenvalue weighted by Gasteiger charge is -2.41. The molecule has 2 aliphatic carbocycles. The van der Waals surface area contributed by atoms with Crippen molar-refractivity contribution in [3.05, 3.63) is 34.3 Å².